The van der Waals surface area contributed by atoms with Crippen LogP contribution in [0.15, 0.2) is 54.6 Å². The first-order chi connectivity index (χ1) is 12.4. The molecule has 0 saturated carbocycles. The molecule has 0 fully saturated rings. The van der Waals surface area contributed by atoms with Gasteiger partial charge in [0.25, 0.3) is 0 Å². The minimum atomic E-state index is -0.907. The molecule has 0 aromatic heterocycles. The molecule has 0 bridgehead atoms. The van der Waals surface area contributed by atoms with Gasteiger partial charge in [-0.1, -0.05) is 44.2 Å². The Morgan fingerprint density at radius 2 is 1.54 bits per heavy atom. The molecule has 2 aromatic carbocycles. The minimum absolute atomic E-state index is 0.107. The molecule has 0 saturated heterocycles. The fourth-order valence-corrected chi connectivity index (χ4v) is 2.61. The van der Waals surface area contributed by atoms with E-state index in [-0.39, 0.29) is 12.2 Å². The lowest BCUT2D eigenvalue weighted by Crippen LogP contribution is -2.24. The summed E-state index contributed by atoms with van der Waals surface area (Å²) in [6.07, 6.45) is 0.693. The van der Waals surface area contributed by atoms with Crippen molar-refractivity contribution < 1.29 is 24.2 Å². The second-order valence-electron chi connectivity index (χ2n) is 6.22. The molecule has 0 amide bonds. The Kier molecular flexibility index (Phi) is 6.67. The van der Waals surface area contributed by atoms with Crippen molar-refractivity contribution in [3.8, 4) is 5.75 Å². The molecule has 5 nitrogen and oxygen atoms in total. The summed E-state index contributed by atoms with van der Waals surface area (Å²) < 4.78 is 5.30. The van der Waals surface area contributed by atoms with E-state index in [9.17, 15) is 14.4 Å². The van der Waals surface area contributed by atoms with E-state index in [1.54, 1.807) is 62.4 Å². The zero-order chi connectivity index (χ0) is 19.1. The first kappa shape index (κ1) is 19.4. The maximum absolute atomic E-state index is 12.3. The molecule has 1 N–H and O–H groups in total. The fourth-order valence-electron chi connectivity index (χ4n) is 2.61. The molecule has 5 heteroatoms. The summed E-state index contributed by atoms with van der Waals surface area (Å²) in [6, 6.07) is 15.3. The quantitative estimate of drug-likeness (QED) is 0.441. The van der Waals surface area contributed by atoms with Crippen LogP contribution in [0.3, 0.4) is 0 Å². The van der Waals surface area contributed by atoms with Crippen LogP contribution in [-0.4, -0.2) is 22.8 Å². The highest BCUT2D eigenvalue weighted by atomic mass is 16.5. The lowest BCUT2D eigenvalue weighted by atomic mass is 9.94. The number of carbonyl (C=O) groups excluding carboxylic acids is 2. The van der Waals surface area contributed by atoms with E-state index in [1.165, 1.54) is 0 Å². The van der Waals surface area contributed by atoms with Gasteiger partial charge in [-0.15, -0.1) is 0 Å². The molecule has 136 valence electrons. The lowest BCUT2D eigenvalue weighted by molar-refractivity contribution is -0.144. The lowest BCUT2D eigenvalue weighted by Gasteiger charge is -2.15. The number of benzene rings is 2. The first-order valence-corrected chi connectivity index (χ1v) is 8.56. The van der Waals surface area contributed by atoms with E-state index in [0.717, 1.165) is 0 Å². The average molecular weight is 354 g/mol. The number of ketones is 1. The molecule has 2 rings (SSSR count). The van der Waals surface area contributed by atoms with Gasteiger partial charge in [0, 0.05) is 11.1 Å². The molecule has 0 spiro atoms. The molecule has 2 unspecified atom stereocenters. The van der Waals surface area contributed by atoms with Crippen molar-refractivity contribution in [1.29, 1.82) is 0 Å². The van der Waals surface area contributed by atoms with Gasteiger partial charge in [0.05, 0.1) is 11.8 Å². The van der Waals surface area contributed by atoms with E-state index >= 15 is 0 Å². The molecule has 0 aliphatic heterocycles. The van der Waals surface area contributed by atoms with Gasteiger partial charge in [-0.2, -0.15) is 0 Å². The van der Waals surface area contributed by atoms with Crippen LogP contribution in [0, 0.1) is 11.8 Å². The second-order valence-corrected chi connectivity index (χ2v) is 6.22. The summed E-state index contributed by atoms with van der Waals surface area (Å²) in [5.74, 6) is -2.26. The Morgan fingerprint density at radius 3 is 2.08 bits per heavy atom. The van der Waals surface area contributed by atoms with Gasteiger partial charge in [-0.05, 0) is 37.1 Å². The Bertz CT molecular complexity index is 765. The van der Waals surface area contributed by atoms with Crippen LogP contribution in [0.5, 0.6) is 5.75 Å². The molecule has 26 heavy (non-hydrogen) atoms. The standard InChI is InChI=1S/C21H22O5/c1-3-15(20(23)24)13-14(2)21(25)26-18-11-9-17(10-12-18)19(22)16-7-5-4-6-8-16/h4-12,14-15H,3,13H2,1-2H3,(H,23,24). The highest BCUT2D eigenvalue weighted by molar-refractivity contribution is 6.09. The Morgan fingerprint density at radius 1 is 0.962 bits per heavy atom. The van der Waals surface area contributed by atoms with E-state index in [2.05, 4.69) is 0 Å². The number of esters is 1. The summed E-state index contributed by atoms with van der Waals surface area (Å²) >= 11 is 0. The number of carbonyl (C=O) groups is 3. The third-order valence-corrected chi connectivity index (χ3v) is 4.25. The number of ether oxygens (including phenoxy) is 1. The number of hydrogen-bond donors (Lipinski definition) is 1. The minimum Gasteiger partial charge on any atom is -0.481 e. The van der Waals surface area contributed by atoms with Gasteiger partial charge in [-0.25, -0.2) is 0 Å². The third kappa shape index (κ3) is 5.02. The Balaban J connectivity index is 1.99. The van der Waals surface area contributed by atoms with Gasteiger partial charge < -0.3 is 9.84 Å². The highest BCUT2D eigenvalue weighted by Crippen LogP contribution is 2.20. The van der Waals surface area contributed by atoms with Gasteiger partial charge in [0.1, 0.15) is 5.75 Å². The molecular formula is C21H22O5. The average Bonchev–Trinajstić information content (AvgIpc) is 2.66. The van der Waals surface area contributed by atoms with Crippen molar-refractivity contribution in [2.45, 2.75) is 26.7 Å². The molecule has 0 heterocycles. The number of hydrogen-bond acceptors (Lipinski definition) is 4. The normalized spacial score (nSPS) is 12.8. The van der Waals surface area contributed by atoms with Crippen LogP contribution < -0.4 is 4.74 Å². The van der Waals surface area contributed by atoms with Crippen LogP contribution in [0.1, 0.15) is 42.6 Å². The molecule has 0 radical (unpaired) electrons. The summed E-state index contributed by atoms with van der Waals surface area (Å²) in [7, 11) is 0. The second kappa shape index (κ2) is 8.94. The number of rotatable bonds is 8. The highest BCUT2D eigenvalue weighted by Gasteiger charge is 2.24. The largest absolute Gasteiger partial charge is 0.481 e. The van der Waals surface area contributed by atoms with Gasteiger partial charge in [-0.3, -0.25) is 14.4 Å². The van der Waals surface area contributed by atoms with Crippen molar-refractivity contribution in [3.63, 3.8) is 0 Å². The summed E-state index contributed by atoms with van der Waals surface area (Å²) in [4.78, 5) is 35.6. The van der Waals surface area contributed by atoms with Crippen molar-refractivity contribution in [3.05, 3.63) is 65.7 Å². The first-order valence-electron chi connectivity index (χ1n) is 8.56. The van der Waals surface area contributed by atoms with Crippen molar-refractivity contribution in [2.75, 3.05) is 0 Å². The summed E-state index contributed by atoms with van der Waals surface area (Å²) in [6.45, 7) is 3.43. The zero-order valence-electron chi connectivity index (χ0n) is 14.8. The number of aliphatic carboxylic acids is 1. The van der Waals surface area contributed by atoms with Crippen LogP contribution in [-0.2, 0) is 9.59 Å². The van der Waals surface area contributed by atoms with E-state index in [1.807, 2.05) is 6.07 Å². The van der Waals surface area contributed by atoms with Crippen LogP contribution in [0.25, 0.3) is 0 Å². The monoisotopic (exact) mass is 354 g/mol. The van der Waals surface area contributed by atoms with E-state index < -0.39 is 23.8 Å². The van der Waals surface area contributed by atoms with Gasteiger partial charge in [0.2, 0.25) is 0 Å². The smallest absolute Gasteiger partial charge is 0.314 e. The van der Waals surface area contributed by atoms with Gasteiger partial charge >= 0.3 is 11.9 Å². The topological polar surface area (TPSA) is 80.7 Å². The Labute approximate surface area is 152 Å². The maximum atomic E-state index is 12.3. The van der Waals surface area contributed by atoms with Crippen LogP contribution in [0.4, 0.5) is 0 Å². The molecular weight excluding hydrogens is 332 g/mol. The Hall–Kier alpha value is -2.95. The predicted octanol–water partition coefficient (Wildman–Crippen LogP) is 3.96. The van der Waals surface area contributed by atoms with Gasteiger partial charge in [0.15, 0.2) is 5.78 Å². The molecule has 2 atom stereocenters. The molecule has 0 aliphatic carbocycles. The van der Waals surface area contributed by atoms with Crippen molar-refractivity contribution in [1.82, 2.24) is 0 Å². The fraction of sp³-hybridized carbons (Fsp3) is 0.286. The van der Waals surface area contributed by atoms with E-state index in [4.69, 9.17) is 9.84 Å². The summed E-state index contributed by atoms with van der Waals surface area (Å²) in [5, 5.41) is 9.09. The summed E-state index contributed by atoms with van der Waals surface area (Å²) in [5.41, 5.74) is 1.09. The van der Waals surface area contributed by atoms with Crippen molar-refractivity contribution >= 4 is 17.7 Å². The van der Waals surface area contributed by atoms with Crippen LogP contribution >= 0.6 is 0 Å². The van der Waals surface area contributed by atoms with E-state index in [0.29, 0.717) is 23.3 Å². The van der Waals surface area contributed by atoms with Crippen molar-refractivity contribution in [2.24, 2.45) is 11.8 Å². The third-order valence-electron chi connectivity index (χ3n) is 4.25. The van der Waals surface area contributed by atoms with Crippen LogP contribution in [0.2, 0.25) is 0 Å². The molecule has 2 aromatic rings. The number of carboxylic acid groups (broad SMARTS) is 1. The SMILES string of the molecule is CCC(CC(C)C(=O)Oc1ccc(C(=O)c2ccccc2)cc1)C(=O)O. The maximum Gasteiger partial charge on any atom is 0.314 e. The predicted molar refractivity (Wildman–Crippen MR) is 97.1 cm³/mol. The number of carboxylic acids is 1. The zero-order valence-corrected chi connectivity index (χ0v) is 14.8. The molecule has 0 aliphatic rings.